The van der Waals surface area contributed by atoms with Crippen LogP contribution >= 0.6 is 0 Å². The molecule has 7 heteroatoms. The Bertz CT molecular complexity index is 434. The lowest BCUT2D eigenvalue weighted by Gasteiger charge is -2.02. The fourth-order valence-corrected chi connectivity index (χ4v) is 1.72. The van der Waals surface area contributed by atoms with Crippen molar-refractivity contribution in [1.29, 1.82) is 0 Å². The number of hydrogen-bond donors (Lipinski definition) is 3. The minimum Gasteiger partial charge on any atom is -0.355 e. The molecule has 0 bridgehead atoms. The molecule has 1 heterocycles. The molecule has 0 saturated heterocycles. The van der Waals surface area contributed by atoms with Gasteiger partial charge < -0.3 is 5.32 Å². The minimum absolute atomic E-state index is 0.196. The van der Waals surface area contributed by atoms with Gasteiger partial charge in [0, 0.05) is 32.3 Å². The SMILES string of the molecule is CNC(=O)c1cnc(CCCCCCC(=O)NO)nc1. The summed E-state index contributed by atoms with van der Waals surface area (Å²) < 4.78 is 0. The summed E-state index contributed by atoms with van der Waals surface area (Å²) in [6.07, 6.45) is 7.71. The Morgan fingerprint density at radius 1 is 1.15 bits per heavy atom. The van der Waals surface area contributed by atoms with Crippen LogP contribution < -0.4 is 10.8 Å². The van der Waals surface area contributed by atoms with Gasteiger partial charge in [-0.3, -0.25) is 14.8 Å². The molecule has 7 nitrogen and oxygen atoms in total. The van der Waals surface area contributed by atoms with E-state index in [1.807, 2.05) is 0 Å². The fraction of sp³-hybridized carbons (Fsp3) is 0.538. The van der Waals surface area contributed by atoms with E-state index < -0.39 is 0 Å². The predicted molar refractivity (Wildman–Crippen MR) is 72.1 cm³/mol. The van der Waals surface area contributed by atoms with Crippen molar-refractivity contribution in [2.75, 3.05) is 7.05 Å². The Labute approximate surface area is 117 Å². The van der Waals surface area contributed by atoms with Crippen LogP contribution in [0.25, 0.3) is 0 Å². The zero-order valence-electron chi connectivity index (χ0n) is 11.6. The van der Waals surface area contributed by atoms with E-state index in [-0.39, 0.29) is 11.8 Å². The summed E-state index contributed by atoms with van der Waals surface area (Å²) in [5.74, 6) is 0.169. The van der Waals surface area contributed by atoms with Crippen LogP contribution in [0.4, 0.5) is 0 Å². The Morgan fingerprint density at radius 3 is 2.40 bits per heavy atom. The Kier molecular flexibility index (Phi) is 7.20. The van der Waals surface area contributed by atoms with Gasteiger partial charge in [0.15, 0.2) is 0 Å². The number of rotatable bonds is 8. The highest BCUT2D eigenvalue weighted by Crippen LogP contribution is 2.06. The van der Waals surface area contributed by atoms with Crippen molar-refractivity contribution in [2.24, 2.45) is 0 Å². The van der Waals surface area contributed by atoms with E-state index in [1.165, 1.54) is 12.4 Å². The minimum atomic E-state index is -0.349. The van der Waals surface area contributed by atoms with Gasteiger partial charge >= 0.3 is 0 Å². The third kappa shape index (κ3) is 5.75. The van der Waals surface area contributed by atoms with Gasteiger partial charge in [-0.15, -0.1) is 0 Å². The van der Waals surface area contributed by atoms with Crippen LogP contribution in [-0.2, 0) is 11.2 Å². The van der Waals surface area contributed by atoms with Crippen molar-refractivity contribution in [3.8, 4) is 0 Å². The molecule has 2 amide bonds. The van der Waals surface area contributed by atoms with Crippen molar-refractivity contribution in [3.63, 3.8) is 0 Å². The fourth-order valence-electron chi connectivity index (χ4n) is 1.72. The largest absolute Gasteiger partial charge is 0.355 e. The van der Waals surface area contributed by atoms with Gasteiger partial charge in [0.1, 0.15) is 5.82 Å². The summed E-state index contributed by atoms with van der Waals surface area (Å²) in [4.78, 5) is 30.3. The normalized spacial score (nSPS) is 10.1. The topological polar surface area (TPSA) is 104 Å². The molecule has 0 fully saturated rings. The van der Waals surface area contributed by atoms with Crippen LogP contribution in [0.3, 0.4) is 0 Å². The van der Waals surface area contributed by atoms with Crippen molar-refractivity contribution in [2.45, 2.75) is 38.5 Å². The molecule has 1 aromatic rings. The van der Waals surface area contributed by atoms with E-state index in [0.717, 1.165) is 32.1 Å². The predicted octanol–water partition coefficient (Wildman–Crippen LogP) is 0.835. The van der Waals surface area contributed by atoms with E-state index in [1.54, 1.807) is 12.5 Å². The second kappa shape index (κ2) is 8.98. The highest BCUT2D eigenvalue weighted by atomic mass is 16.5. The first-order valence-electron chi connectivity index (χ1n) is 6.63. The molecule has 0 saturated carbocycles. The van der Waals surface area contributed by atoms with Crippen molar-refractivity contribution < 1.29 is 14.8 Å². The maximum Gasteiger partial charge on any atom is 0.254 e. The Balaban J connectivity index is 2.19. The van der Waals surface area contributed by atoms with Crippen molar-refractivity contribution >= 4 is 11.8 Å². The van der Waals surface area contributed by atoms with E-state index in [9.17, 15) is 9.59 Å². The molecule has 0 aliphatic rings. The zero-order chi connectivity index (χ0) is 14.8. The molecule has 1 aromatic heterocycles. The molecular formula is C13H20N4O3. The average molecular weight is 280 g/mol. The summed E-state index contributed by atoms with van der Waals surface area (Å²) in [6, 6.07) is 0. The third-order valence-electron chi connectivity index (χ3n) is 2.87. The molecule has 0 spiro atoms. The molecular weight excluding hydrogens is 260 g/mol. The number of nitrogens with one attached hydrogen (secondary N) is 2. The van der Waals surface area contributed by atoms with Crippen LogP contribution in [-0.4, -0.2) is 34.0 Å². The average Bonchev–Trinajstić information content (AvgIpc) is 2.50. The summed E-state index contributed by atoms with van der Waals surface area (Å²) in [5.41, 5.74) is 2.06. The summed E-state index contributed by atoms with van der Waals surface area (Å²) in [7, 11) is 1.56. The number of nitrogens with zero attached hydrogens (tertiary/aromatic N) is 2. The third-order valence-corrected chi connectivity index (χ3v) is 2.87. The molecule has 0 aliphatic carbocycles. The number of carbonyl (C=O) groups excluding carboxylic acids is 2. The molecule has 0 aliphatic heterocycles. The smallest absolute Gasteiger partial charge is 0.254 e. The maximum absolute atomic E-state index is 11.3. The van der Waals surface area contributed by atoms with Crippen LogP contribution in [0.15, 0.2) is 12.4 Å². The maximum atomic E-state index is 11.3. The van der Waals surface area contributed by atoms with Gasteiger partial charge in [0.2, 0.25) is 5.91 Å². The standard InChI is InChI=1S/C13H20N4O3/c1-14-13(19)10-8-15-11(16-9-10)6-4-2-3-5-7-12(18)17-20/h8-9,20H,2-7H2,1H3,(H,14,19)(H,17,18). The van der Waals surface area contributed by atoms with Crippen molar-refractivity contribution in [3.05, 3.63) is 23.8 Å². The summed E-state index contributed by atoms with van der Waals surface area (Å²) in [6.45, 7) is 0. The first-order valence-corrected chi connectivity index (χ1v) is 6.63. The quantitative estimate of drug-likeness (QED) is 0.372. The van der Waals surface area contributed by atoms with E-state index >= 15 is 0 Å². The van der Waals surface area contributed by atoms with Gasteiger partial charge in [0.05, 0.1) is 5.56 Å². The molecule has 3 N–H and O–H groups in total. The Hall–Kier alpha value is -2.02. The lowest BCUT2D eigenvalue weighted by Crippen LogP contribution is -2.18. The summed E-state index contributed by atoms with van der Waals surface area (Å²) in [5, 5.41) is 10.8. The molecule has 20 heavy (non-hydrogen) atoms. The lowest BCUT2D eigenvalue weighted by atomic mass is 10.1. The van der Waals surface area contributed by atoms with Crippen LogP contribution in [0.1, 0.15) is 48.3 Å². The number of aromatic nitrogens is 2. The number of aryl methyl sites for hydroxylation is 1. The van der Waals surface area contributed by atoms with Crippen LogP contribution in [0.5, 0.6) is 0 Å². The number of unbranched alkanes of at least 4 members (excludes halogenated alkanes) is 3. The lowest BCUT2D eigenvalue weighted by molar-refractivity contribution is -0.129. The van der Waals surface area contributed by atoms with Gasteiger partial charge in [0.25, 0.3) is 5.91 Å². The molecule has 1 rings (SSSR count). The second-order valence-electron chi connectivity index (χ2n) is 4.42. The summed E-state index contributed by atoms with van der Waals surface area (Å²) >= 11 is 0. The van der Waals surface area contributed by atoms with Crippen LogP contribution in [0.2, 0.25) is 0 Å². The number of amides is 2. The van der Waals surface area contributed by atoms with Gasteiger partial charge in [-0.1, -0.05) is 12.8 Å². The van der Waals surface area contributed by atoms with E-state index in [2.05, 4.69) is 15.3 Å². The highest BCUT2D eigenvalue weighted by Gasteiger charge is 2.04. The first-order chi connectivity index (χ1) is 9.67. The second-order valence-corrected chi connectivity index (χ2v) is 4.42. The number of hydroxylamine groups is 1. The highest BCUT2D eigenvalue weighted by molar-refractivity contribution is 5.93. The van der Waals surface area contributed by atoms with Gasteiger partial charge in [-0.05, 0) is 12.8 Å². The molecule has 110 valence electrons. The number of carbonyl (C=O) groups is 2. The molecule has 0 radical (unpaired) electrons. The van der Waals surface area contributed by atoms with Crippen LogP contribution in [0, 0.1) is 0 Å². The van der Waals surface area contributed by atoms with Gasteiger partial charge in [-0.25, -0.2) is 15.4 Å². The Morgan fingerprint density at radius 2 is 1.80 bits per heavy atom. The van der Waals surface area contributed by atoms with E-state index in [0.29, 0.717) is 17.8 Å². The van der Waals surface area contributed by atoms with E-state index in [4.69, 9.17) is 5.21 Å². The van der Waals surface area contributed by atoms with Crippen molar-refractivity contribution in [1.82, 2.24) is 20.8 Å². The monoisotopic (exact) mass is 280 g/mol. The molecule has 0 aromatic carbocycles. The number of hydrogen-bond acceptors (Lipinski definition) is 5. The zero-order valence-corrected chi connectivity index (χ0v) is 11.6. The molecule has 0 atom stereocenters. The first kappa shape index (κ1) is 16.0. The van der Waals surface area contributed by atoms with Gasteiger partial charge in [-0.2, -0.15) is 0 Å². The molecule has 0 unspecified atom stereocenters.